The highest BCUT2D eigenvalue weighted by Gasteiger charge is 2.17. The predicted octanol–water partition coefficient (Wildman–Crippen LogP) is 4.85. The zero-order valence-corrected chi connectivity index (χ0v) is 20.6. The lowest BCUT2D eigenvalue weighted by molar-refractivity contribution is -0.118. The van der Waals surface area contributed by atoms with E-state index in [1.54, 1.807) is 44.6 Å². The van der Waals surface area contributed by atoms with Crippen LogP contribution in [0.4, 0.5) is 0 Å². The Morgan fingerprint density at radius 3 is 2.54 bits per heavy atom. The number of carbonyl (C=O) groups excluding carboxylic acids is 1. The molecule has 1 N–H and O–H groups in total. The third kappa shape index (κ3) is 6.00. The summed E-state index contributed by atoms with van der Waals surface area (Å²) in [7, 11) is 3.14. The first kappa shape index (κ1) is 24.3. The number of carbonyl (C=O) groups is 1. The Labute approximate surface area is 211 Å². The van der Waals surface area contributed by atoms with E-state index in [1.807, 2.05) is 47.0 Å². The van der Waals surface area contributed by atoms with Crippen molar-refractivity contribution in [1.82, 2.24) is 20.2 Å². The summed E-state index contributed by atoms with van der Waals surface area (Å²) in [6.07, 6.45) is 1.51. The van der Waals surface area contributed by atoms with Gasteiger partial charge in [0.15, 0.2) is 11.0 Å². The summed E-state index contributed by atoms with van der Waals surface area (Å²) in [6, 6.07) is 22.4. The van der Waals surface area contributed by atoms with Gasteiger partial charge in [-0.05, 0) is 54.6 Å². The minimum absolute atomic E-state index is 0.0954. The summed E-state index contributed by atoms with van der Waals surface area (Å²) in [5.41, 5.74) is 4.96. The maximum atomic E-state index is 12.5. The zero-order chi connectivity index (χ0) is 24.6. The molecule has 10 heteroatoms. The van der Waals surface area contributed by atoms with Crippen LogP contribution in [-0.4, -0.2) is 46.9 Å². The van der Waals surface area contributed by atoms with Crippen LogP contribution in [-0.2, 0) is 4.79 Å². The van der Waals surface area contributed by atoms with E-state index in [0.717, 1.165) is 11.3 Å². The average molecular weight is 508 g/mol. The molecule has 0 saturated heterocycles. The molecule has 0 aliphatic rings. The number of benzene rings is 3. The highest BCUT2D eigenvalue weighted by atomic mass is 35.5. The maximum absolute atomic E-state index is 12.5. The lowest BCUT2D eigenvalue weighted by atomic mass is 10.2. The molecule has 0 atom stereocenters. The van der Waals surface area contributed by atoms with E-state index in [2.05, 4.69) is 20.7 Å². The molecule has 0 bridgehead atoms. The van der Waals surface area contributed by atoms with E-state index in [0.29, 0.717) is 33.1 Å². The van der Waals surface area contributed by atoms with Crippen LogP contribution in [0.2, 0.25) is 5.02 Å². The van der Waals surface area contributed by atoms with E-state index < -0.39 is 0 Å². The summed E-state index contributed by atoms with van der Waals surface area (Å²) < 4.78 is 12.5. The van der Waals surface area contributed by atoms with E-state index in [9.17, 15) is 4.79 Å². The molecular formula is C25H22ClN5O3S. The summed E-state index contributed by atoms with van der Waals surface area (Å²) in [6.45, 7) is 0. The van der Waals surface area contributed by atoms with Gasteiger partial charge in [0, 0.05) is 21.8 Å². The van der Waals surface area contributed by atoms with Gasteiger partial charge in [-0.25, -0.2) is 5.43 Å². The first-order chi connectivity index (χ1) is 17.1. The van der Waals surface area contributed by atoms with Crippen LogP contribution in [0.5, 0.6) is 11.5 Å². The fraction of sp³-hybridized carbons (Fsp3) is 0.120. The number of para-hydroxylation sites is 1. The van der Waals surface area contributed by atoms with E-state index in [1.165, 1.54) is 18.0 Å². The van der Waals surface area contributed by atoms with Crippen molar-refractivity contribution in [3.8, 4) is 28.6 Å². The van der Waals surface area contributed by atoms with Gasteiger partial charge in [-0.15, -0.1) is 10.2 Å². The van der Waals surface area contributed by atoms with Crippen molar-refractivity contribution >= 4 is 35.5 Å². The topological polar surface area (TPSA) is 90.6 Å². The van der Waals surface area contributed by atoms with Crippen molar-refractivity contribution in [3.63, 3.8) is 0 Å². The number of hydrogen-bond donors (Lipinski definition) is 1. The van der Waals surface area contributed by atoms with Gasteiger partial charge in [-0.2, -0.15) is 5.10 Å². The van der Waals surface area contributed by atoms with Crippen LogP contribution in [0, 0.1) is 0 Å². The molecule has 178 valence electrons. The second kappa shape index (κ2) is 11.5. The number of nitrogens with zero attached hydrogens (tertiary/aromatic N) is 4. The van der Waals surface area contributed by atoms with E-state index in [-0.39, 0.29) is 11.7 Å². The molecule has 8 nitrogen and oxygen atoms in total. The molecule has 0 fully saturated rings. The number of hydrazone groups is 1. The van der Waals surface area contributed by atoms with E-state index >= 15 is 0 Å². The summed E-state index contributed by atoms with van der Waals surface area (Å²) in [5.74, 6) is 1.73. The number of ether oxygens (including phenoxy) is 2. The Balaban J connectivity index is 1.48. The standard InChI is InChI=1S/C25H22ClN5O3S/c1-33-21-12-13-22(34-2)18(14-21)15-27-28-23(32)16-35-25-30-29-24(17-8-10-19(26)11-9-17)31(25)20-6-4-3-5-7-20/h3-15H,16H2,1-2H3,(H,28,32). The van der Waals surface area contributed by atoms with E-state index in [4.69, 9.17) is 21.1 Å². The van der Waals surface area contributed by atoms with Gasteiger partial charge in [0.05, 0.1) is 26.2 Å². The van der Waals surface area contributed by atoms with Crippen molar-refractivity contribution in [2.24, 2.45) is 5.10 Å². The number of amides is 1. The molecule has 1 heterocycles. The highest BCUT2D eigenvalue weighted by molar-refractivity contribution is 7.99. The SMILES string of the molecule is COc1ccc(OC)c(C=NNC(=O)CSc2nnc(-c3ccc(Cl)cc3)n2-c2ccccc2)c1. The molecule has 0 aliphatic carbocycles. The second-order valence-electron chi connectivity index (χ2n) is 7.17. The van der Waals surface area contributed by atoms with Crippen LogP contribution >= 0.6 is 23.4 Å². The number of methoxy groups -OCH3 is 2. The Morgan fingerprint density at radius 2 is 1.83 bits per heavy atom. The number of halogens is 1. The Kier molecular flexibility index (Phi) is 8.02. The number of aromatic nitrogens is 3. The number of rotatable bonds is 9. The lowest BCUT2D eigenvalue weighted by Gasteiger charge is -2.10. The van der Waals surface area contributed by atoms with Crippen molar-refractivity contribution < 1.29 is 14.3 Å². The monoisotopic (exact) mass is 507 g/mol. The minimum Gasteiger partial charge on any atom is -0.497 e. The second-order valence-corrected chi connectivity index (χ2v) is 8.55. The number of nitrogens with one attached hydrogen (secondary N) is 1. The highest BCUT2D eigenvalue weighted by Crippen LogP contribution is 2.28. The van der Waals surface area contributed by atoms with Crippen LogP contribution < -0.4 is 14.9 Å². The number of thioether (sulfide) groups is 1. The van der Waals surface area contributed by atoms with Gasteiger partial charge >= 0.3 is 0 Å². The first-order valence-corrected chi connectivity index (χ1v) is 11.9. The van der Waals surface area contributed by atoms with Crippen molar-refractivity contribution in [2.75, 3.05) is 20.0 Å². The molecule has 4 rings (SSSR count). The Hall–Kier alpha value is -3.82. The fourth-order valence-electron chi connectivity index (χ4n) is 3.24. The molecule has 0 aliphatic heterocycles. The largest absolute Gasteiger partial charge is 0.497 e. The predicted molar refractivity (Wildman–Crippen MR) is 138 cm³/mol. The Bertz CT molecular complexity index is 1330. The van der Waals surface area contributed by atoms with Gasteiger partial charge in [-0.3, -0.25) is 9.36 Å². The summed E-state index contributed by atoms with van der Waals surface area (Å²) in [5, 5.41) is 14.0. The fourth-order valence-corrected chi connectivity index (χ4v) is 4.11. The van der Waals surface area contributed by atoms with Crippen molar-refractivity contribution in [1.29, 1.82) is 0 Å². The van der Waals surface area contributed by atoms with Crippen molar-refractivity contribution in [3.05, 3.63) is 83.4 Å². The third-order valence-electron chi connectivity index (χ3n) is 4.91. The molecule has 0 unspecified atom stereocenters. The van der Waals surface area contributed by atoms with Crippen LogP contribution in [0.15, 0.2) is 83.1 Å². The maximum Gasteiger partial charge on any atom is 0.250 e. The van der Waals surface area contributed by atoms with Gasteiger partial charge in [0.25, 0.3) is 5.91 Å². The van der Waals surface area contributed by atoms with Crippen LogP contribution in [0.3, 0.4) is 0 Å². The van der Waals surface area contributed by atoms with Gasteiger partial charge in [0.1, 0.15) is 11.5 Å². The van der Waals surface area contributed by atoms with Crippen LogP contribution in [0.1, 0.15) is 5.56 Å². The zero-order valence-electron chi connectivity index (χ0n) is 19.0. The number of hydrogen-bond acceptors (Lipinski definition) is 7. The molecule has 4 aromatic rings. The molecule has 35 heavy (non-hydrogen) atoms. The average Bonchev–Trinajstić information content (AvgIpc) is 3.32. The Morgan fingerprint density at radius 1 is 1.06 bits per heavy atom. The molecule has 1 aromatic heterocycles. The molecule has 3 aromatic carbocycles. The summed E-state index contributed by atoms with van der Waals surface area (Å²) >= 11 is 7.30. The molecule has 0 spiro atoms. The summed E-state index contributed by atoms with van der Waals surface area (Å²) in [4.78, 5) is 12.5. The molecule has 0 saturated carbocycles. The lowest BCUT2D eigenvalue weighted by Crippen LogP contribution is -2.20. The smallest absolute Gasteiger partial charge is 0.250 e. The van der Waals surface area contributed by atoms with Gasteiger partial charge < -0.3 is 9.47 Å². The molecule has 0 radical (unpaired) electrons. The van der Waals surface area contributed by atoms with Crippen molar-refractivity contribution in [2.45, 2.75) is 5.16 Å². The third-order valence-corrected chi connectivity index (χ3v) is 6.09. The molecular weight excluding hydrogens is 486 g/mol. The van der Waals surface area contributed by atoms with Gasteiger partial charge in [0.2, 0.25) is 0 Å². The normalized spacial score (nSPS) is 10.9. The van der Waals surface area contributed by atoms with Gasteiger partial charge in [-0.1, -0.05) is 41.6 Å². The minimum atomic E-state index is -0.288. The first-order valence-electron chi connectivity index (χ1n) is 10.5. The quantitative estimate of drug-likeness (QED) is 0.198. The molecule has 1 amide bonds. The van der Waals surface area contributed by atoms with Crippen LogP contribution in [0.25, 0.3) is 17.1 Å².